The van der Waals surface area contributed by atoms with Gasteiger partial charge in [0, 0.05) is 32.1 Å². The molecule has 0 heterocycles. The van der Waals surface area contributed by atoms with Crippen molar-refractivity contribution < 1.29 is 9.90 Å². The lowest BCUT2D eigenvalue weighted by Crippen LogP contribution is -2.40. The van der Waals surface area contributed by atoms with E-state index < -0.39 is 5.60 Å². The van der Waals surface area contributed by atoms with Crippen molar-refractivity contribution in [2.75, 3.05) is 20.1 Å². The maximum Gasteiger partial charge on any atom is 0.225 e. The second kappa shape index (κ2) is 5.83. The second-order valence-corrected chi connectivity index (χ2v) is 5.75. The average molecular weight is 242 g/mol. The SMILES string of the molecule is CCN(C)C(=O)[C@H]1CCC(NCC(C)(C)O)C1. The van der Waals surface area contributed by atoms with Gasteiger partial charge in [0.2, 0.25) is 5.91 Å². The van der Waals surface area contributed by atoms with Gasteiger partial charge in [-0.3, -0.25) is 4.79 Å². The maximum atomic E-state index is 12.0. The van der Waals surface area contributed by atoms with E-state index in [1.54, 1.807) is 18.7 Å². The lowest BCUT2D eigenvalue weighted by molar-refractivity contribution is -0.133. The molecule has 0 radical (unpaired) electrons. The van der Waals surface area contributed by atoms with E-state index in [1.807, 2.05) is 14.0 Å². The number of hydrogen-bond acceptors (Lipinski definition) is 3. The van der Waals surface area contributed by atoms with Gasteiger partial charge in [-0.05, 0) is 40.0 Å². The molecule has 0 aromatic carbocycles. The highest BCUT2D eigenvalue weighted by Gasteiger charge is 2.31. The van der Waals surface area contributed by atoms with Crippen LogP contribution in [0.25, 0.3) is 0 Å². The molecule has 1 unspecified atom stereocenters. The highest BCUT2D eigenvalue weighted by atomic mass is 16.3. The molecule has 1 aliphatic rings. The Morgan fingerprint density at radius 1 is 1.47 bits per heavy atom. The van der Waals surface area contributed by atoms with Gasteiger partial charge in [-0.1, -0.05) is 0 Å². The van der Waals surface area contributed by atoms with Crippen molar-refractivity contribution in [2.24, 2.45) is 5.92 Å². The summed E-state index contributed by atoms with van der Waals surface area (Å²) in [7, 11) is 1.86. The van der Waals surface area contributed by atoms with Gasteiger partial charge in [-0.15, -0.1) is 0 Å². The number of carbonyl (C=O) groups excluding carboxylic acids is 1. The highest BCUT2D eigenvalue weighted by Crippen LogP contribution is 2.27. The van der Waals surface area contributed by atoms with Crippen molar-refractivity contribution in [1.29, 1.82) is 0 Å². The summed E-state index contributed by atoms with van der Waals surface area (Å²) in [6.45, 7) is 6.95. The third-order valence-electron chi connectivity index (χ3n) is 3.46. The quantitative estimate of drug-likeness (QED) is 0.756. The van der Waals surface area contributed by atoms with Crippen LogP contribution in [0.3, 0.4) is 0 Å². The van der Waals surface area contributed by atoms with Gasteiger partial charge < -0.3 is 15.3 Å². The lowest BCUT2D eigenvalue weighted by atomic mass is 10.1. The summed E-state index contributed by atoms with van der Waals surface area (Å²) < 4.78 is 0. The van der Waals surface area contributed by atoms with Crippen LogP contribution in [0, 0.1) is 5.92 Å². The van der Waals surface area contributed by atoms with Crippen LogP contribution < -0.4 is 5.32 Å². The van der Waals surface area contributed by atoms with E-state index in [0.29, 0.717) is 12.6 Å². The Morgan fingerprint density at radius 3 is 2.65 bits per heavy atom. The van der Waals surface area contributed by atoms with Crippen molar-refractivity contribution in [3.63, 3.8) is 0 Å². The van der Waals surface area contributed by atoms with Crippen molar-refractivity contribution in [3.8, 4) is 0 Å². The molecule has 1 rings (SSSR count). The zero-order chi connectivity index (χ0) is 13.1. The normalized spacial score (nSPS) is 25.0. The van der Waals surface area contributed by atoms with Gasteiger partial charge in [-0.25, -0.2) is 0 Å². The smallest absolute Gasteiger partial charge is 0.225 e. The molecule has 4 nitrogen and oxygen atoms in total. The Kier molecular flexibility index (Phi) is 4.95. The minimum absolute atomic E-state index is 0.166. The molecule has 1 saturated carbocycles. The molecule has 17 heavy (non-hydrogen) atoms. The Hall–Kier alpha value is -0.610. The van der Waals surface area contributed by atoms with Crippen molar-refractivity contribution >= 4 is 5.91 Å². The Balaban J connectivity index is 2.35. The van der Waals surface area contributed by atoms with Gasteiger partial charge in [-0.2, -0.15) is 0 Å². The summed E-state index contributed by atoms with van der Waals surface area (Å²) >= 11 is 0. The number of aliphatic hydroxyl groups is 1. The van der Waals surface area contributed by atoms with Crippen LogP contribution in [0.15, 0.2) is 0 Å². The van der Waals surface area contributed by atoms with Crippen LogP contribution in [0.2, 0.25) is 0 Å². The van der Waals surface area contributed by atoms with Gasteiger partial charge in [0.15, 0.2) is 0 Å². The highest BCUT2D eigenvalue weighted by molar-refractivity contribution is 5.78. The van der Waals surface area contributed by atoms with Crippen LogP contribution in [0.5, 0.6) is 0 Å². The first-order chi connectivity index (χ1) is 7.83. The molecule has 0 saturated heterocycles. The molecule has 0 aliphatic heterocycles. The predicted molar refractivity (Wildman–Crippen MR) is 68.7 cm³/mol. The molecule has 1 amide bonds. The summed E-state index contributed by atoms with van der Waals surface area (Å²) in [5, 5.41) is 13.0. The van der Waals surface area contributed by atoms with Crippen LogP contribution in [-0.2, 0) is 4.79 Å². The third kappa shape index (κ3) is 4.64. The van der Waals surface area contributed by atoms with E-state index in [1.165, 1.54) is 0 Å². The van der Waals surface area contributed by atoms with Gasteiger partial charge in [0.1, 0.15) is 0 Å². The Bertz CT molecular complexity index is 261. The van der Waals surface area contributed by atoms with E-state index in [4.69, 9.17) is 0 Å². The molecule has 0 aromatic rings. The maximum absolute atomic E-state index is 12.0. The number of nitrogens with zero attached hydrogens (tertiary/aromatic N) is 1. The molecule has 0 spiro atoms. The van der Waals surface area contributed by atoms with E-state index in [-0.39, 0.29) is 11.8 Å². The van der Waals surface area contributed by atoms with Crippen molar-refractivity contribution in [2.45, 2.75) is 51.7 Å². The summed E-state index contributed by atoms with van der Waals surface area (Å²) in [4.78, 5) is 13.8. The first kappa shape index (κ1) is 14.5. The van der Waals surface area contributed by atoms with Crippen molar-refractivity contribution in [1.82, 2.24) is 10.2 Å². The fourth-order valence-corrected chi connectivity index (χ4v) is 2.25. The fourth-order valence-electron chi connectivity index (χ4n) is 2.25. The molecule has 0 aromatic heterocycles. The van der Waals surface area contributed by atoms with E-state index in [2.05, 4.69) is 5.32 Å². The van der Waals surface area contributed by atoms with Gasteiger partial charge in [0.05, 0.1) is 5.60 Å². The zero-order valence-electron chi connectivity index (χ0n) is 11.5. The number of rotatable bonds is 5. The first-order valence-corrected chi connectivity index (χ1v) is 6.54. The Morgan fingerprint density at radius 2 is 2.12 bits per heavy atom. The largest absolute Gasteiger partial charge is 0.389 e. The van der Waals surface area contributed by atoms with Crippen LogP contribution in [0.4, 0.5) is 0 Å². The summed E-state index contributed by atoms with van der Waals surface area (Å²) in [6.07, 6.45) is 2.90. The molecule has 100 valence electrons. The summed E-state index contributed by atoms with van der Waals surface area (Å²) in [5.41, 5.74) is -0.678. The number of amides is 1. The molecule has 1 aliphatic carbocycles. The van der Waals surface area contributed by atoms with Crippen molar-refractivity contribution in [3.05, 3.63) is 0 Å². The lowest BCUT2D eigenvalue weighted by Gasteiger charge is -2.22. The Labute approximate surface area is 104 Å². The number of hydrogen-bond donors (Lipinski definition) is 2. The van der Waals surface area contributed by atoms with E-state index in [0.717, 1.165) is 25.8 Å². The van der Waals surface area contributed by atoms with E-state index in [9.17, 15) is 9.90 Å². The molecule has 4 heteroatoms. The van der Waals surface area contributed by atoms with Crippen LogP contribution in [-0.4, -0.2) is 47.7 Å². The summed E-state index contributed by atoms with van der Waals surface area (Å²) in [5.74, 6) is 0.430. The fraction of sp³-hybridized carbons (Fsp3) is 0.923. The van der Waals surface area contributed by atoms with Crippen LogP contribution >= 0.6 is 0 Å². The predicted octanol–water partition coefficient (Wildman–Crippen LogP) is 0.994. The number of nitrogens with one attached hydrogen (secondary N) is 1. The first-order valence-electron chi connectivity index (χ1n) is 6.54. The molecular formula is C13H26N2O2. The second-order valence-electron chi connectivity index (χ2n) is 5.75. The summed E-state index contributed by atoms with van der Waals surface area (Å²) in [6, 6.07) is 0.376. The molecule has 0 bridgehead atoms. The van der Waals surface area contributed by atoms with Gasteiger partial charge in [0.25, 0.3) is 0 Å². The zero-order valence-corrected chi connectivity index (χ0v) is 11.5. The molecule has 2 atom stereocenters. The standard InChI is InChI=1S/C13H26N2O2/c1-5-15(4)12(16)10-6-7-11(8-10)14-9-13(2,3)17/h10-11,14,17H,5-9H2,1-4H3/t10-,11?/m0/s1. The molecule has 1 fully saturated rings. The minimum atomic E-state index is -0.678. The third-order valence-corrected chi connectivity index (χ3v) is 3.46. The average Bonchev–Trinajstić information content (AvgIpc) is 2.72. The van der Waals surface area contributed by atoms with Crippen LogP contribution in [0.1, 0.15) is 40.0 Å². The number of carbonyl (C=O) groups is 1. The minimum Gasteiger partial charge on any atom is -0.389 e. The monoisotopic (exact) mass is 242 g/mol. The topological polar surface area (TPSA) is 52.6 Å². The van der Waals surface area contributed by atoms with E-state index >= 15 is 0 Å². The van der Waals surface area contributed by atoms with Gasteiger partial charge >= 0.3 is 0 Å². The molecule has 2 N–H and O–H groups in total. The molecular weight excluding hydrogens is 216 g/mol.